The SMILES string of the molecule is CSc1nc2nc(C)c(CCC(=O)NCc3cccc(C(F)(F)F)c3)c(C)n2n1. The van der Waals surface area contributed by atoms with Gasteiger partial charge in [0.2, 0.25) is 11.1 Å². The van der Waals surface area contributed by atoms with E-state index in [1.54, 1.807) is 10.6 Å². The van der Waals surface area contributed by atoms with E-state index in [4.69, 9.17) is 0 Å². The Labute approximate surface area is 169 Å². The van der Waals surface area contributed by atoms with E-state index in [1.807, 2.05) is 20.1 Å². The van der Waals surface area contributed by atoms with Crippen molar-refractivity contribution in [2.24, 2.45) is 0 Å². The number of nitrogens with zero attached hydrogens (tertiary/aromatic N) is 4. The first-order valence-corrected chi connectivity index (χ1v) is 10.1. The van der Waals surface area contributed by atoms with Gasteiger partial charge < -0.3 is 5.32 Å². The van der Waals surface area contributed by atoms with Crippen molar-refractivity contribution in [1.82, 2.24) is 24.9 Å². The predicted molar refractivity (Wildman–Crippen MR) is 104 cm³/mol. The third-order valence-corrected chi connectivity index (χ3v) is 5.10. The number of hydrogen-bond donors (Lipinski definition) is 1. The lowest BCUT2D eigenvalue weighted by Crippen LogP contribution is -2.23. The van der Waals surface area contributed by atoms with Crippen LogP contribution in [0, 0.1) is 13.8 Å². The monoisotopic (exact) mass is 423 g/mol. The van der Waals surface area contributed by atoms with Crippen molar-refractivity contribution in [2.45, 2.75) is 44.6 Å². The molecule has 6 nitrogen and oxygen atoms in total. The van der Waals surface area contributed by atoms with Crippen LogP contribution >= 0.6 is 11.8 Å². The molecule has 0 bridgehead atoms. The van der Waals surface area contributed by atoms with Gasteiger partial charge in [0.05, 0.1) is 5.56 Å². The van der Waals surface area contributed by atoms with Crippen LogP contribution in [0.5, 0.6) is 0 Å². The number of benzene rings is 1. The summed E-state index contributed by atoms with van der Waals surface area (Å²) in [6, 6.07) is 4.93. The Morgan fingerprint density at radius 2 is 2.00 bits per heavy atom. The minimum atomic E-state index is -4.40. The smallest absolute Gasteiger partial charge is 0.352 e. The molecule has 0 aliphatic carbocycles. The molecule has 1 aromatic carbocycles. The molecule has 0 aliphatic heterocycles. The topological polar surface area (TPSA) is 72.2 Å². The molecule has 1 amide bonds. The largest absolute Gasteiger partial charge is 0.416 e. The number of halogens is 3. The summed E-state index contributed by atoms with van der Waals surface area (Å²) in [6.45, 7) is 3.80. The van der Waals surface area contributed by atoms with E-state index in [2.05, 4.69) is 20.4 Å². The van der Waals surface area contributed by atoms with Crippen LogP contribution in [0.2, 0.25) is 0 Å². The molecule has 0 spiro atoms. The first-order valence-electron chi connectivity index (χ1n) is 8.88. The maximum absolute atomic E-state index is 12.8. The average Bonchev–Trinajstić information content (AvgIpc) is 3.09. The van der Waals surface area contributed by atoms with E-state index < -0.39 is 11.7 Å². The lowest BCUT2D eigenvalue weighted by molar-refractivity contribution is -0.137. The number of thioether (sulfide) groups is 1. The number of fused-ring (bicyclic) bond motifs is 1. The maximum atomic E-state index is 12.8. The molecule has 154 valence electrons. The van der Waals surface area contributed by atoms with E-state index in [1.165, 1.54) is 17.8 Å². The molecule has 3 rings (SSSR count). The molecule has 10 heteroatoms. The van der Waals surface area contributed by atoms with E-state index in [0.717, 1.165) is 29.1 Å². The highest BCUT2D eigenvalue weighted by Gasteiger charge is 2.30. The quantitative estimate of drug-likeness (QED) is 0.612. The molecule has 0 saturated carbocycles. The fourth-order valence-electron chi connectivity index (χ4n) is 3.02. The van der Waals surface area contributed by atoms with Gasteiger partial charge in [0.25, 0.3) is 5.78 Å². The second-order valence-corrected chi connectivity index (χ2v) is 7.32. The fourth-order valence-corrected chi connectivity index (χ4v) is 3.36. The van der Waals surface area contributed by atoms with Gasteiger partial charge in [-0.3, -0.25) is 4.79 Å². The molecule has 0 fully saturated rings. The predicted octanol–water partition coefficient (Wildman–Crippen LogP) is 3.73. The number of alkyl halides is 3. The number of carbonyl (C=O) groups excluding carboxylic acids is 1. The number of rotatable bonds is 6. The van der Waals surface area contributed by atoms with Crippen LogP contribution in [0.25, 0.3) is 5.78 Å². The zero-order valence-electron chi connectivity index (χ0n) is 16.2. The van der Waals surface area contributed by atoms with Gasteiger partial charge in [0.15, 0.2) is 0 Å². The van der Waals surface area contributed by atoms with Gasteiger partial charge in [-0.05, 0) is 49.8 Å². The van der Waals surface area contributed by atoms with Crippen molar-refractivity contribution in [3.05, 3.63) is 52.3 Å². The lowest BCUT2D eigenvalue weighted by Gasteiger charge is -2.11. The van der Waals surface area contributed by atoms with Crippen molar-refractivity contribution in [3.63, 3.8) is 0 Å². The zero-order chi connectivity index (χ0) is 21.2. The highest BCUT2D eigenvalue weighted by atomic mass is 32.2. The Balaban J connectivity index is 1.64. The number of carbonyl (C=O) groups is 1. The number of hydrogen-bond acceptors (Lipinski definition) is 5. The van der Waals surface area contributed by atoms with Crippen molar-refractivity contribution in [3.8, 4) is 0 Å². The molecule has 29 heavy (non-hydrogen) atoms. The molecule has 0 atom stereocenters. The second-order valence-electron chi connectivity index (χ2n) is 6.55. The van der Waals surface area contributed by atoms with Gasteiger partial charge in [-0.15, -0.1) is 5.10 Å². The highest BCUT2D eigenvalue weighted by molar-refractivity contribution is 7.98. The standard InChI is InChI=1S/C19H20F3N5OS/c1-11-15(12(2)27-17(24-11)25-18(26-27)29-3)7-8-16(28)23-10-13-5-4-6-14(9-13)19(20,21)22/h4-6,9H,7-8,10H2,1-3H3,(H,23,28). The zero-order valence-corrected chi connectivity index (χ0v) is 17.0. The van der Waals surface area contributed by atoms with Gasteiger partial charge in [0.1, 0.15) is 0 Å². The average molecular weight is 423 g/mol. The third-order valence-electron chi connectivity index (χ3n) is 4.56. The lowest BCUT2D eigenvalue weighted by atomic mass is 10.1. The minimum Gasteiger partial charge on any atom is -0.352 e. The Bertz CT molecular complexity index is 1050. The van der Waals surface area contributed by atoms with Crippen LogP contribution in [-0.2, 0) is 23.9 Å². The molecule has 0 radical (unpaired) electrons. The van der Waals surface area contributed by atoms with E-state index in [-0.39, 0.29) is 18.9 Å². The molecular formula is C19H20F3N5OS. The summed E-state index contributed by atoms with van der Waals surface area (Å²) in [6.07, 6.45) is -1.88. The minimum absolute atomic E-state index is 0.0398. The van der Waals surface area contributed by atoms with Crippen molar-refractivity contribution in [2.75, 3.05) is 6.26 Å². The molecule has 2 heterocycles. The van der Waals surface area contributed by atoms with Gasteiger partial charge in [-0.25, -0.2) is 9.50 Å². The van der Waals surface area contributed by atoms with Crippen molar-refractivity contribution in [1.29, 1.82) is 0 Å². The van der Waals surface area contributed by atoms with E-state index >= 15 is 0 Å². The summed E-state index contributed by atoms with van der Waals surface area (Å²) in [5.74, 6) is 0.270. The van der Waals surface area contributed by atoms with E-state index in [0.29, 0.717) is 22.9 Å². The molecule has 0 unspecified atom stereocenters. The number of aryl methyl sites for hydroxylation is 2. The Morgan fingerprint density at radius 3 is 2.69 bits per heavy atom. The van der Waals surface area contributed by atoms with Crippen LogP contribution in [0.4, 0.5) is 13.2 Å². The third kappa shape index (κ3) is 4.87. The van der Waals surface area contributed by atoms with E-state index in [9.17, 15) is 18.0 Å². The summed E-state index contributed by atoms with van der Waals surface area (Å²) in [5.41, 5.74) is 2.22. The second kappa shape index (κ2) is 8.40. The summed E-state index contributed by atoms with van der Waals surface area (Å²) in [4.78, 5) is 21.0. The van der Waals surface area contributed by atoms with Gasteiger partial charge in [-0.1, -0.05) is 23.9 Å². The summed E-state index contributed by atoms with van der Waals surface area (Å²) >= 11 is 1.42. The molecule has 0 saturated heterocycles. The Hall–Kier alpha value is -2.62. The van der Waals surface area contributed by atoms with Crippen molar-refractivity contribution < 1.29 is 18.0 Å². The molecule has 1 N–H and O–H groups in total. The molecule has 2 aromatic heterocycles. The first kappa shape index (κ1) is 21.1. The summed E-state index contributed by atoms with van der Waals surface area (Å²) in [7, 11) is 0. The number of aromatic nitrogens is 4. The fraction of sp³-hybridized carbons (Fsp3) is 0.368. The molecular weight excluding hydrogens is 403 g/mol. The Morgan fingerprint density at radius 1 is 1.24 bits per heavy atom. The van der Waals surface area contributed by atoms with Crippen LogP contribution in [0.3, 0.4) is 0 Å². The summed E-state index contributed by atoms with van der Waals surface area (Å²) in [5, 5.41) is 7.67. The van der Waals surface area contributed by atoms with Crippen molar-refractivity contribution >= 4 is 23.4 Å². The van der Waals surface area contributed by atoms with Gasteiger partial charge in [-0.2, -0.15) is 18.2 Å². The van der Waals surface area contributed by atoms with Crippen LogP contribution in [0.15, 0.2) is 29.4 Å². The van der Waals surface area contributed by atoms with Crippen LogP contribution < -0.4 is 5.32 Å². The van der Waals surface area contributed by atoms with Gasteiger partial charge >= 0.3 is 6.18 Å². The maximum Gasteiger partial charge on any atom is 0.416 e. The molecule has 3 aromatic rings. The van der Waals surface area contributed by atoms with Crippen LogP contribution in [0.1, 0.15) is 34.5 Å². The van der Waals surface area contributed by atoms with Gasteiger partial charge in [0, 0.05) is 24.4 Å². The first-order chi connectivity index (χ1) is 13.7. The number of amides is 1. The summed E-state index contributed by atoms with van der Waals surface area (Å²) < 4.78 is 40.0. The Kier molecular flexibility index (Phi) is 6.11. The normalized spacial score (nSPS) is 11.8. The molecule has 0 aliphatic rings. The highest BCUT2D eigenvalue weighted by Crippen LogP contribution is 2.29. The number of nitrogens with one attached hydrogen (secondary N) is 1. The van der Waals surface area contributed by atoms with Crippen LogP contribution in [-0.4, -0.2) is 31.7 Å².